The SMILES string of the molecule is Clc1ccc2ccc3oc4cccc(-c5nc(-c6cccc7ccccc67)nc(-c6cccc7sc8ccccc8c67)n5)c4c3c2c1. The van der Waals surface area contributed by atoms with E-state index in [1.54, 1.807) is 11.3 Å². The Balaban J connectivity index is 1.33. The van der Waals surface area contributed by atoms with E-state index in [0.29, 0.717) is 22.5 Å². The Hall–Kier alpha value is -5.62. The van der Waals surface area contributed by atoms with E-state index in [1.807, 2.05) is 36.4 Å². The number of fused-ring (bicyclic) bond motifs is 9. The van der Waals surface area contributed by atoms with Gasteiger partial charge in [-0.15, -0.1) is 11.3 Å². The van der Waals surface area contributed by atoms with Gasteiger partial charge in [-0.05, 0) is 57.9 Å². The molecule has 10 aromatic rings. The lowest BCUT2D eigenvalue weighted by molar-refractivity contribution is 0.669. The monoisotopic (exact) mass is 639 g/mol. The van der Waals surface area contributed by atoms with E-state index in [0.717, 1.165) is 65.6 Å². The van der Waals surface area contributed by atoms with E-state index in [4.69, 9.17) is 31.0 Å². The van der Waals surface area contributed by atoms with Gasteiger partial charge in [0.1, 0.15) is 11.2 Å². The second-order valence-electron chi connectivity index (χ2n) is 11.7. The smallest absolute Gasteiger partial charge is 0.164 e. The maximum atomic E-state index is 6.54. The molecule has 6 heteroatoms. The molecule has 0 amide bonds. The molecule has 3 aromatic heterocycles. The van der Waals surface area contributed by atoms with Gasteiger partial charge in [-0.1, -0.05) is 109 Å². The number of hydrogen-bond acceptors (Lipinski definition) is 5. The highest BCUT2D eigenvalue weighted by Gasteiger charge is 2.21. The summed E-state index contributed by atoms with van der Waals surface area (Å²) >= 11 is 8.32. The summed E-state index contributed by atoms with van der Waals surface area (Å²) in [6.07, 6.45) is 0. The molecule has 0 N–H and O–H groups in total. The van der Waals surface area contributed by atoms with Crippen molar-refractivity contribution in [2.45, 2.75) is 0 Å². The van der Waals surface area contributed by atoms with Crippen LogP contribution in [0.5, 0.6) is 0 Å². The normalized spacial score (nSPS) is 11.9. The fraction of sp³-hybridized carbons (Fsp3) is 0. The fourth-order valence-corrected chi connectivity index (χ4v) is 8.22. The van der Waals surface area contributed by atoms with Gasteiger partial charge in [0.25, 0.3) is 0 Å². The standard InChI is InChI=1S/C41H22ClN3OS/c42-25-20-18-24-19-21-33-38(31(24)22-25)37-30(13-6-15-32(37)46-33)41-44-39(27-12-5-9-23-8-1-2-10-26(23)27)43-40(45-41)29-14-7-17-35-36(29)28-11-3-4-16-34(28)47-35/h1-22H. The molecular weight excluding hydrogens is 618 g/mol. The van der Waals surface area contributed by atoms with Crippen molar-refractivity contribution in [2.24, 2.45) is 0 Å². The number of thiophene rings is 1. The largest absolute Gasteiger partial charge is 0.456 e. The lowest BCUT2D eigenvalue weighted by Crippen LogP contribution is -2.01. The third-order valence-electron chi connectivity index (χ3n) is 8.99. The van der Waals surface area contributed by atoms with Crippen molar-refractivity contribution < 1.29 is 4.42 Å². The highest BCUT2D eigenvalue weighted by atomic mass is 35.5. The Morgan fingerprint density at radius 1 is 0.447 bits per heavy atom. The van der Waals surface area contributed by atoms with Gasteiger partial charge in [-0.25, -0.2) is 15.0 Å². The number of aromatic nitrogens is 3. The summed E-state index contributed by atoms with van der Waals surface area (Å²) in [6, 6.07) is 45.7. The average molecular weight is 640 g/mol. The van der Waals surface area contributed by atoms with Gasteiger partial charge in [0.2, 0.25) is 0 Å². The Morgan fingerprint density at radius 3 is 1.91 bits per heavy atom. The first kappa shape index (κ1) is 26.6. The van der Waals surface area contributed by atoms with E-state index in [1.165, 1.54) is 14.8 Å². The summed E-state index contributed by atoms with van der Waals surface area (Å²) in [5.41, 5.74) is 4.37. The zero-order valence-corrected chi connectivity index (χ0v) is 26.3. The maximum absolute atomic E-state index is 6.54. The molecule has 0 saturated heterocycles. The summed E-state index contributed by atoms with van der Waals surface area (Å²) in [5.74, 6) is 1.84. The van der Waals surface area contributed by atoms with Crippen LogP contribution in [0.4, 0.5) is 0 Å². The molecule has 10 rings (SSSR count). The quantitative estimate of drug-likeness (QED) is 0.193. The van der Waals surface area contributed by atoms with Crippen molar-refractivity contribution in [1.29, 1.82) is 0 Å². The van der Waals surface area contributed by atoms with Crippen molar-refractivity contribution in [3.8, 4) is 34.2 Å². The predicted octanol–water partition coefficient (Wildman–Crippen LogP) is 12.1. The molecule has 7 aromatic carbocycles. The third kappa shape index (κ3) is 4.10. The second-order valence-corrected chi connectivity index (χ2v) is 13.2. The molecule has 0 saturated carbocycles. The van der Waals surface area contributed by atoms with Gasteiger partial charge in [0.05, 0.1) is 0 Å². The summed E-state index contributed by atoms with van der Waals surface area (Å²) < 4.78 is 8.87. The number of nitrogens with zero attached hydrogens (tertiary/aromatic N) is 3. The van der Waals surface area contributed by atoms with Crippen molar-refractivity contribution in [2.75, 3.05) is 0 Å². The zero-order chi connectivity index (χ0) is 31.1. The zero-order valence-electron chi connectivity index (χ0n) is 24.7. The predicted molar refractivity (Wildman–Crippen MR) is 196 cm³/mol. The molecule has 0 bridgehead atoms. The molecule has 220 valence electrons. The van der Waals surface area contributed by atoms with Gasteiger partial charge in [0.15, 0.2) is 17.5 Å². The molecule has 3 heterocycles. The molecule has 0 radical (unpaired) electrons. The highest BCUT2D eigenvalue weighted by Crippen LogP contribution is 2.43. The number of rotatable bonds is 3. The molecule has 0 aliphatic rings. The van der Waals surface area contributed by atoms with E-state index in [-0.39, 0.29) is 0 Å². The topological polar surface area (TPSA) is 51.8 Å². The van der Waals surface area contributed by atoms with Crippen LogP contribution in [0.2, 0.25) is 5.02 Å². The summed E-state index contributed by atoms with van der Waals surface area (Å²) in [4.78, 5) is 15.7. The minimum Gasteiger partial charge on any atom is -0.456 e. The van der Waals surface area contributed by atoms with Crippen molar-refractivity contribution in [3.05, 3.63) is 138 Å². The molecule has 0 fully saturated rings. The number of furan rings is 1. The van der Waals surface area contributed by atoms with Gasteiger partial charge in [0, 0.05) is 52.7 Å². The van der Waals surface area contributed by atoms with E-state index < -0.39 is 0 Å². The first-order chi connectivity index (χ1) is 23.2. The molecule has 0 aliphatic carbocycles. The second kappa shape index (κ2) is 10.2. The fourth-order valence-electron chi connectivity index (χ4n) is 6.91. The lowest BCUT2D eigenvalue weighted by atomic mass is 10.00. The van der Waals surface area contributed by atoms with E-state index in [2.05, 4.69) is 97.1 Å². The van der Waals surface area contributed by atoms with Crippen LogP contribution in [-0.2, 0) is 0 Å². The molecule has 4 nitrogen and oxygen atoms in total. The number of halogens is 1. The number of benzene rings is 7. The third-order valence-corrected chi connectivity index (χ3v) is 10.4. The van der Waals surface area contributed by atoms with Crippen LogP contribution in [-0.4, -0.2) is 15.0 Å². The van der Waals surface area contributed by atoms with Crippen LogP contribution in [0.25, 0.3) is 97.8 Å². The van der Waals surface area contributed by atoms with Gasteiger partial charge in [-0.2, -0.15) is 0 Å². The van der Waals surface area contributed by atoms with Crippen LogP contribution in [0.1, 0.15) is 0 Å². The first-order valence-corrected chi connectivity index (χ1v) is 16.6. The van der Waals surface area contributed by atoms with Crippen LogP contribution in [0.3, 0.4) is 0 Å². The van der Waals surface area contributed by atoms with Crippen molar-refractivity contribution in [3.63, 3.8) is 0 Å². The average Bonchev–Trinajstić information content (AvgIpc) is 3.70. The van der Waals surface area contributed by atoms with Crippen LogP contribution >= 0.6 is 22.9 Å². The highest BCUT2D eigenvalue weighted by molar-refractivity contribution is 7.25. The molecular formula is C41H22ClN3OS. The summed E-state index contributed by atoms with van der Waals surface area (Å²) in [6.45, 7) is 0. The molecule has 0 atom stereocenters. The van der Waals surface area contributed by atoms with Gasteiger partial charge in [-0.3, -0.25) is 0 Å². The van der Waals surface area contributed by atoms with Crippen LogP contribution < -0.4 is 0 Å². The minimum atomic E-state index is 0.585. The maximum Gasteiger partial charge on any atom is 0.164 e. The Morgan fingerprint density at radius 2 is 1.04 bits per heavy atom. The van der Waals surface area contributed by atoms with E-state index in [9.17, 15) is 0 Å². The number of hydrogen-bond donors (Lipinski definition) is 0. The summed E-state index contributed by atoms with van der Waals surface area (Å²) in [7, 11) is 0. The lowest BCUT2D eigenvalue weighted by Gasteiger charge is -2.12. The molecule has 47 heavy (non-hydrogen) atoms. The van der Waals surface area contributed by atoms with Crippen molar-refractivity contribution >= 4 is 86.6 Å². The molecule has 0 aliphatic heterocycles. The first-order valence-electron chi connectivity index (χ1n) is 15.4. The Kier molecular flexibility index (Phi) is 5.77. The van der Waals surface area contributed by atoms with Gasteiger partial charge < -0.3 is 4.42 Å². The van der Waals surface area contributed by atoms with Gasteiger partial charge >= 0.3 is 0 Å². The Bertz CT molecular complexity index is 2880. The summed E-state index contributed by atoms with van der Waals surface area (Å²) in [5, 5.41) is 9.31. The van der Waals surface area contributed by atoms with E-state index >= 15 is 0 Å². The van der Waals surface area contributed by atoms with Crippen LogP contribution in [0, 0.1) is 0 Å². The van der Waals surface area contributed by atoms with Crippen LogP contribution in [0.15, 0.2) is 138 Å². The van der Waals surface area contributed by atoms with Crippen molar-refractivity contribution in [1.82, 2.24) is 15.0 Å². The minimum absolute atomic E-state index is 0.585. The Labute approximate surface area is 277 Å². The molecule has 0 unspecified atom stereocenters. The molecule has 0 spiro atoms.